The molecule has 202 valence electrons. The van der Waals surface area contributed by atoms with E-state index in [1.165, 1.54) is 0 Å². The minimum atomic E-state index is -1.01. The van der Waals surface area contributed by atoms with Gasteiger partial charge in [0.15, 0.2) is 11.5 Å². The van der Waals surface area contributed by atoms with Crippen molar-refractivity contribution in [3.05, 3.63) is 62.8 Å². The summed E-state index contributed by atoms with van der Waals surface area (Å²) >= 11 is 5.07. The molecule has 2 N–H and O–H groups in total. The monoisotopic (exact) mass is 598 g/mol. The largest absolute Gasteiger partial charge is 0.504 e. The summed E-state index contributed by atoms with van der Waals surface area (Å²) in [6.07, 6.45) is 7.67. The Morgan fingerprint density at radius 1 is 1.39 bits per heavy atom. The van der Waals surface area contributed by atoms with E-state index >= 15 is 0 Å². The molecule has 0 radical (unpaired) electrons. The van der Waals surface area contributed by atoms with Crippen LogP contribution in [0.4, 0.5) is 0 Å². The molecule has 2 fully saturated rings. The third kappa shape index (κ3) is 3.74. The van der Waals surface area contributed by atoms with Gasteiger partial charge >= 0.3 is 0 Å². The molecular formula is C30H35BrN2O4S. The second-order valence-electron chi connectivity index (χ2n) is 11.6. The molecule has 5 atom stereocenters. The summed E-state index contributed by atoms with van der Waals surface area (Å²) in [6.45, 7) is 10.3. The van der Waals surface area contributed by atoms with Gasteiger partial charge in [0.1, 0.15) is 6.10 Å². The normalized spacial score (nSPS) is 31.3. The van der Waals surface area contributed by atoms with Gasteiger partial charge < -0.3 is 19.8 Å². The number of hydrogen-bond acceptors (Lipinski definition) is 6. The molecule has 4 aliphatic rings. The number of ether oxygens (including phenoxy) is 1. The Morgan fingerprint density at radius 2 is 2.21 bits per heavy atom. The number of carbonyl (C=O) groups is 1. The number of carbonyl (C=O) groups excluding carboxylic acids is 1. The van der Waals surface area contributed by atoms with Crippen molar-refractivity contribution in [1.82, 2.24) is 9.80 Å². The average molecular weight is 600 g/mol. The molecule has 38 heavy (non-hydrogen) atoms. The number of thiophene rings is 1. The maximum atomic E-state index is 13.8. The smallest absolute Gasteiger partial charge is 0.246 e. The van der Waals surface area contributed by atoms with E-state index < -0.39 is 17.1 Å². The first-order chi connectivity index (χ1) is 18.2. The summed E-state index contributed by atoms with van der Waals surface area (Å²) in [6, 6.07) is 5.44. The quantitative estimate of drug-likeness (QED) is 0.342. The van der Waals surface area contributed by atoms with Crippen LogP contribution in [0.15, 0.2) is 46.8 Å². The van der Waals surface area contributed by atoms with Gasteiger partial charge in [0.05, 0.1) is 17.1 Å². The fraction of sp³-hybridized carbons (Fsp3) is 0.500. The van der Waals surface area contributed by atoms with Gasteiger partial charge in [-0.05, 0) is 77.8 Å². The molecule has 6 nitrogen and oxygen atoms in total. The summed E-state index contributed by atoms with van der Waals surface area (Å²) in [5, 5.41) is 25.5. The van der Waals surface area contributed by atoms with E-state index in [0.29, 0.717) is 38.0 Å². The average Bonchev–Trinajstić information content (AvgIpc) is 3.45. The van der Waals surface area contributed by atoms with Crippen molar-refractivity contribution in [2.24, 2.45) is 5.92 Å². The molecule has 1 amide bonds. The molecule has 0 unspecified atom stereocenters. The Hall–Kier alpha value is -2.13. The van der Waals surface area contributed by atoms with Gasteiger partial charge in [-0.3, -0.25) is 9.69 Å². The topological polar surface area (TPSA) is 73.2 Å². The summed E-state index contributed by atoms with van der Waals surface area (Å²) in [7, 11) is 0. The summed E-state index contributed by atoms with van der Waals surface area (Å²) in [5.74, 6) is 0.841. The Balaban J connectivity index is 1.43. The molecule has 1 aromatic carbocycles. The Morgan fingerprint density at radius 3 is 2.92 bits per heavy atom. The molecule has 8 heteroatoms. The molecule has 1 aromatic heterocycles. The van der Waals surface area contributed by atoms with Crippen molar-refractivity contribution in [2.45, 2.75) is 68.7 Å². The highest BCUT2D eigenvalue weighted by Gasteiger charge is 2.73. The van der Waals surface area contributed by atoms with Crippen molar-refractivity contribution in [2.75, 3.05) is 19.6 Å². The maximum absolute atomic E-state index is 13.8. The minimum Gasteiger partial charge on any atom is -0.504 e. The van der Waals surface area contributed by atoms with Crippen molar-refractivity contribution >= 4 is 39.2 Å². The highest BCUT2D eigenvalue weighted by atomic mass is 79.9. The highest BCUT2D eigenvalue weighted by molar-refractivity contribution is 9.10. The first kappa shape index (κ1) is 26.1. The van der Waals surface area contributed by atoms with Crippen LogP contribution in [0.3, 0.4) is 0 Å². The SMILES string of the molecule is C=CCN1CC[C@]23c4c5ccc(O)c4O[C@H]2[C@H](N(CC(C)C)C(=O)/C=C/c2cc(Br)cs2)CC[C@@]3(O)[C@H]1C5. The number of hydrogen-bond donors (Lipinski definition) is 2. The third-order valence-corrected chi connectivity index (χ3v) is 10.8. The van der Waals surface area contributed by atoms with E-state index in [9.17, 15) is 15.0 Å². The van der Waals surface area contributed by atoms with E-state index in [1.54, 1.807) is 23.5 Å². The number of aliphatic hydroxyl groups is 1. The number of nitrogens with zero attached hydrogens (tertiary/aromatic N) is 2. The molecule has 3 heterocycles. The molecule has 1 spiro atoms. The maximum Gasteiger partial charge on any atom is 0.246 e. The lowest BCUT2D eigenvalue weighted by atomic mass is 9.48. The lowest BCUT2D eigenvalue weighted by Crippen LogP contribution is -2.78. The van der Waals surface area contributed by atoms with E-state index in [2.05, 4.69) is 41.3 Å². The predicted octanol–water partition coefficient (Wildman–Crippen LogP) is 5.12. The lowest BCUT2D eigenvalue weighted by Gasteiger charge is -2.64. The highest BCUT2D eigenvalue weighted by Crippen LogP contribution is 2.65. The summed E-state index contributed by atoms with van der Waals surface area (Å²) in [4.78, 5) is 19.1. The predicted molar refractivity (Wildman–Crippen MR) is 154 cm³/mol. The van der Waals surface area contributed by atoms with Crippen LogP contribution in [0, 0.1) is 5.92 Å². The van der Waals surface area contributed by atoms with Gasteiger partial charge in [-0.15, -0.1) is 17.9 Å². The van der Waals surface area contributed by atoms with Crippen LogP contribution in [0.1, 0.15) is 49.1 Å². The van der Waals surface area contributed by atoms with E-state index in [-0.39, 0.29) is 29.7 Å². The zero-order chi connectivity index (χ0) is 26.8. The van der Waals surface area contributed by atoms with Crippen LogP contribution in [0.5, 0.6) is 11.5 Å². The third-order valence-electron chi connectivity index (χ3n) is 9.13. The van der Waals surface area contributed by atoms with Gasteiger partial charge in [0, 0.05) is 45.5 Å². The Labute approximate surface area is 236 Å². The van der Waals surface area contributed by atoms with Crippen LogP contribution in [0.2, 0.25) is 0 Å². The van der Waals surface area contributed by atoms with Crippen LogP contribution in [-0.4, -0.2) is 69.3 Å². The first-order valence-electron chi connectivity index (χ1n) is 13.5. The fourth-order valence-electron chi connectivity index (χ4n) is 7.76. The van der Waals surface area contributed by atoms with Crippen molar-refractivity contribution in [3.63, 3.8) is 0 Å². The number of piperidine rings is 1. The molecule has 1 saturated carbocycles. The van der Waals surface area contributed by atoms with E-state index in [0.717, 1.165) is 33.6 Å². The molecule has 6 rings (SSSR count). The van der Waals surface area contributed by atoms with Crippen molar-refractivity contribution in [1.29, 1.82) is 0 Å². The van der Waals surface area contributed by atoms with E-state index in [4.69, 9.17) is 4.74 Å². The summed E-state index contributed by atoms with van der Waals surface area (Å²) < 4.78 is 7.69. The molecule has 1 saturated heterocycles. The van der Waals surface area contributed by atoms with Crippen LogP contribution in [-0.2, 0) is 16.6 Å². The number of likely N-dealkylation sites (tertiary alicyclic amines) is 1. The number of amides is 1. The second kappa shape index (κ2) is 9.51. The van der Waals surface area contributed by atoms with Crippen molar-refractivity contribution in [3.8, 4) is 11.5 Å². The number of aromatic hydroxyl groups is 1. The second-order valence-corrected chi connectivity index (χ2v) is 13.5. The molecule has 2 aliphatic heterocycles. The standard InChI is InChI=1S/C30H35BrN2O4S/c1-4-12-32-13-11-29-26-19-5-7-23(34)27(26)37-28(29)22(9-10-30(29,36)24(32)14-19)33(16-18(2)3)25(35)8-6-21-15-20(31)17-38-21/h4-8,15,17-18,22,24,28,34,36H,1,9-14,16H2,2-3H3/b8-6+/t22-,24-,28+,29+,30-/m1/s1. The zero-order valence-electron chi connectivity index (χ0n) is 21.9. The van der Waals surface area contributed by atoms with Crippen LogP contribution < -0.4 is 4.74 Å². The lowest BCUT2D eigenvalue weighted by molar-refractivity contribution is -0.199. The minimum absolute atomic E-state index is 0.0458. The van der Waals surface area contributed by atoms with E-state index in [1.807, 2.05) is 34.6 Å². The number of halogens is 1. The Kier molecular flexibility index (Phi) is 6.53. The Bertz CT molecular complexity index is 1310. The van der Waals surface area contributed by atoms with Gasteiger partial charge in [0.25, 0.3) is 0 Å². The molecule has 2 aliphatic carbocycles. The molecule has 2 aromatic rings. The number of phenolic OH excluding ortho intramolecular Hbond substituents is 1. The number of rotatable bonds is 7. The van der Waals surface area contributed by atoms with Gasteiger partial charge in [-0.2, -0.15) is 0 Å². The summed E-state index contributed by atoms with van der Waals surface area (Å²) in [5.41, 5.74) is 0.430. The van der Waals surface area contributed by atoms with Gasteiger partial charge in [0.2, 0.25) is 5.91 Å². The zero-order valence-corrected chi connectivity index (χ0v) is 24.3. The number of benzene rings is 1. The van der Waals surface area contributed by atoms with Gasteiger partial charge in [-0.25, -0.2) is 0 Å². The number of phenols is 1. The van der Waals surface area contributed by atoms with Crippen LogP contribution in [0.25, 0.3) is 6.08 Å². The fourth-order valence-corrected chi connectivity index (χ4v) is 9.09. The van der Waals surface area contributed by atoms with Crippen LogP contribution >= 0.6 is 27.3 Å². The molecule has 2 bridgehead atoms. The molecular weight excluding hydrogens is 564 g/mol. The first-order valence-corrected chi connectivity index (χ1v) is 15.2. The van der Waals surface area contributed by atoms with Gasteiger partial charge in [-0.1, -0.05) is 26.0 Å². The van der Waals surface area contributed by atoms with Crippen molar-refractivity contribution < 1.29 is 19.7 Å².